The molecule has 1 saturated carbocycles. The molecule has 0 atom stereocenters. The van der Waals surface area contributed by atoms with Gasteiger partial charge in [-0.1, -0.05) is 31.4 Å². The molecule has 0 spiro atoms. The monoisotopic (exact) mass is 215 g/mol. The maximum Gasteiger partial charge on any atom is 0.107 e. The zero-order valence-electron chi connectivity index (χ0n) is 9.37. The molecule has 2 aromatic rings. The van der Waals surface area contributed by atoms with Gasteiger partial charge in [0.2, 0.25) is 0 Å². The number of para-hydroxylation sites is 1. The zero-order valence-corrected chi connectivity index (χ0v) is 9.37. The molecule has 1 fully saturated rings. The molecule has 0 radical (unpaired) electrons. The number of hydrogen-bond acceptors (Lipinski definition) is 2. The Labute approximate surface area is 95.1 Å². The summed E-state index contributed by atoms with van der Waals surface area (Å²) in [5, 5.41) is 0. The van der Waals surface area contributed by atoms with Gasteiger partial charge in [0.15, 0.2) is 0 Å². The number of imidazole rings is 1. The van der Waals surface area contributed by atoms with Crippen LogP contribution in [0.15, 0.2) is 18.2 Å². The molecular weight excluding hydrogens is 198 g/mol. The number of fused-ring (bicyclic) bond motifs is 1. The number of H-pyrrole nitrogens is 1. The van der Waals surface area contributed by atoms with E-state index in [1.807, 2.05) is 6.07 Å². The van der Waals surface area contributed by atoms with Crippen molar-refractivity contribution in [3.8, 4) is 0 Å². The second-order valence-corrected chi connectivity index (χ2v) is 4.70. The number of rotatable bonds is 3. The second kappa shape index (κ2) is 3.91. The van der Waals surface area contributed by atoms with E-state index in [0.717, 1.165) is 34.8 Å². The Bertz CT molecular complexity index is 497. The van der Waals surface area contributed by atoms with Gasteiger partial charge in [0.1, 0.15) is 5.82 Å². The van der Waals surface area contributed by atoms with Crippen LogP contribution >= 0.6 is 0 Å². The molecule has 3 rings (SSSR count). The van der Waals surface area contributed by atoms with E-state index in [4.69, 9.17) is 5.73 Å². The average molecular weight is 215 g/mol. The van der Waals surface area contributed by atoms with Crippen molar-refractivity contribution >= 4 is 11.0 Å². The van der Waals surface area contributed by atoms with E-state index >= 15 is 0 Å². The summed E-state index contributed by atoms with van der Waals surface area (Å²) in [4.78, 5) is 8.07. The summed E-state index contributed by atoms with van der Waals surface area (Å²) in [6.07, 6.45) is 5.21. The van der Waals surface area contributed by atoms with E-state index in [1.165, 1.54) is 19.3 Å². The van der Waals surface area contributed by atoms with Crippen LogP contribution in [-0.4, -0.2) is 9.97 Å². The number of aromatic amines is 1. The van der Waals surface area contributed by atoms with E-state index in [-0.39, 0.29) is 0 Å². The van der Waals surface area contributed by atoms with Gasteiger partial charge < -0.3 is 10.7 Å². The maximum absolute atomic E-state index is 5.71. The minimum Gasteiger partial charge on any atom is -0.342 e. The fourth-order valence-electron chi connectivity index (χ4n) is 2.37. The van der Waals surface area contributed by atoms with Crippen molar-refractivity contribution < 1.29 is 0 Å². The Hall–Kier alpha value is -1.35. The molecule has 0 aliphatic heterocycles. The van der Waals surface area contributed by atoms with Crippen LogP contribution in [0.3, 0.4) is 0 Å². The van der Waals surface area contributed by atoms with Crippen LogP contribution in [0.5, 0.6) is 0 Å². The third-order valence-electron chi connectivity index (χ3n) is 3.57. The SMILES string of the molecule is NCc1cccc2[nH]c(CC3CCC3)nc12. The Balaban J connectivity index is 1.94. The predicted molar refractivity (Wildman–Crippen MR) is 65.0 cm³/mol. The minimum absolute atomic E-state index is 0.561. The van der Waals surface area contributed by atoms with Crippen LogP contribution in [0.2, 0.25) is 0 Å². The standard InChI is InChI=1S/C13H17N3/c14-8-10-5-2-6-11-13(10)16-12(15-11)7-9-3-1-4-9/h2,5-6,9H,1,3-4,7-8,14H2,(H,15,16). The van der Waals surface area contributed by atoms with E-state index in [1.54, 1.807) is 0 Å². The van der Waals surface area contributed by atoms with Crippen molar-refractivity contribution in [1.82, 2.24) is 9.97 Å². The van der Waals surface area contributed by atoms with Gasteiger partial charge in [-0.05, 0) is 17.5 Å². The first-order chi connectivity index (χ1) is 7.86. The molecule has 1 heterocycles. The molecule has 1 aromatic heterocycles. The van der Waals surface area contributed by atoms with Gasteiger partial charge >= 0.3 is 0 Å². The molecule has 0 bridgehead atoms. The Morgan fingerprint density at radius 2 is 2.25 bits per heavy atom. The summed E-state index contributed by atoms with van der Waals surface area (Å²) in [5.41, 5.74) is 9.02. The molecule has 1 aliphatic rings. The normalized spacial score (nSPS) is 16.6. The lowest BCUT2D eigenvalue weighted by Crippen LogP contribution is -2.14. The molecule has 0 saturated heterocycles. The van der Waals surface area contributed by atoms with Crippen LogP contribution in [0, 0.1) is 5.92 Å². The summed E-state index contributed by atoms with van der Waals surface area (Å²) in [6, 6.07) is 6.16. The van der Waals surface area contributed by atoms with E-state index in [0.29, 0.717) is 6.54 Å². The van der Waals surface area contributed by atoms with E-state index in [2.05, 4.69) is 22.1 Å². The number of nitrogens with zero attached hydrogens (tertiary/aromatic N) is 1. The third-order valence-corrected chi connectivity index (χ3v) is 3.57. The topological polar surface area (TPSA) is 54.7 Å². The van der Waals surface area contributed by atoms with Crippen molar-refractivity contribution in [3.05, 3.63) is 29.6 Å². The molecular formula is C13H17N3. The minimum atomic E-state index is 0.561. The Morgan fingerprint density at radius 1 is 1.38 bits per heavy atom. The van der Waals surface area contributed by atoms with Crippen LogP contribution in [-0.2, 0) is 13.0 Å². The summed E-state index contributed by atoms with van der Waals surface area (Å²) in [7, 11) is 0. The average Bonchev–Trinajstić information content (AvgIpc) is 2.65. The van der Waals surface area contributed by atoms with Gasteiger partial charge in [-0.25, -0.2) is 4.98 Å². The number of aromatic nitrogens is 2. The highest BCUT2D eigenvalue weighted by Gasteiger charge is 2.19. The summed E-state index contributed by atoms with van der Waals surface area (Å²) < 4.78 is 0. The summed E-state index contributed by atoms with van der Waals surface area (Å²) in [6.45, 7) is 0.561. The van der Waals surface area contributed by atoms with Crippen molar-refractivity contribution in [3.63, 3.8) is 0 Å². The van der Waals surface area contributed by atoms with Gasteiger partial charge in [-0.3, -0.25) is 0 Å². The highest BCUT2D eigenvalue weighted by atomic mass is 14.9. The van der Waals surface area contributed by atoms with Crippen molar-refractivity contribution in [1.29, 1.82) is 0 Å². The number of nitrogens with two attached hydrogens (primary N) is 1. The first kappa shape index (κ1) is 9.85. The van der Waals surface area contributed by atoms with Crippen molar-refractivity contribution in [2.24, 2.45) is 11.7 Å². The van der Waals surface area contributed by atoms with Crippen LogP contribution < -0.4 is 5.73 Å². The molecule has 0 unspecified atom stereocenters. The largest absolute Gasteiger partial charge is 0.342 e. The predicted octanol–water partition coefficient (Wildman–Crippen LogP) is 2.36. The van der Waals surface area contributed by atoms with Crippen LogP contribution in [0.4, 0.5) is 0 Å². The van der Waals surface area contributed by atoms with Crippen LogP contribution in [0.1, 0.15) is 30.7 Å². The number of hydrogen-bond donors (Lipinski definition) is 2. The van der Waals surface area contributed by atoms with Gasteiger partial charge in [0.25, 0.3) is 0 Å². The molecule has 84 valence electrons. The van der Waals surface area contributed by atoms with Crippen molar-refractivity contribution in [2.75, 3.05) is 0 Å². The highest BCUT2D eigenvalue weighted by molar-refractivity contribution is 5.78. The lowest BCUT2D eigenvalue weighted by molar-refractivity contribution is 0.310. The maximum atomic E-state index is 5.71. The van der Waals surface area contributed by atoms with E-state index < -0.39 is 0 Å². The molecule has 3 heteroatoms. The smallest absolute Gasteiger partial charge is 0.107 e. The fourth-order valence-corrected chi connectivity index (χ4v) is 2.37. The fraction of sp³-hybridized carbons (Fsp3) is 0.462. The first-order valence-corrected chi connectivity index (χ1v) is 6.03. The zero-order chi connectivity index (χ0) is 11.0. The molecule has 1 aromatic carbocycles. The van der Waals surface area contributed by atoms with Gasteiger partial charge in [0.05, 0.1) is 11.0 Å². The van der Waals surface area contributed by atoms with Gasteiger partial charge in [0, 0.05) is 13.0 Å². The lowest BCUT2D eigenvalue weighted by Gasteiger charge is -2.23. The molecule has 3 nitrogen and oxygen atoms in total. The number of benzene rings is 1. The molecule has 1 aliphatic carbocycles. The summed E-state index contributed by atoms with van der Waals surface area (Å²) in [5.74, 6) is 1.97. The Kier molecular flexibility index (Phi) is 2.40. The molecule has 16 heavy (non-hydrogen) atoms. The Morgan fingerprint density at radius 3 is 2.94 bits per heavy atom. The summed E-state index contributed by atoms with van der Waals surface area (Å²) >= 11 is 0. The second-order valence-electron chi connectivity index (χ2n) is 4.70. The molecule has 0 amide bonds. The highest BCUT2D eigenvalue weighted by Crippen LogP contribution is 2.29. The van der Waals surface area contributed by atoms with Crippen LogP contribution in [0.25, 0.3) is 11.0 Å². The number of nitrogens with one attached hydrogen (secondary N) is 1. The third kappa shape index (κ3) is 1.61. The van der Waals surface area contributed by atoms with Gasteiger partial charge in [-0.2, -0.15) is 0 Å². The quantitative estimate of drug-likeness (QED) is 0.825. The first-order valence-electron chi connectivity index (χ1n) is 6.03. The van der Waals surface area contributed by atoms with Crippen molar-refractivity contribution in [2.45, 2.75) is 32.2 Å². The van der Waals surface area contributed by atoms with E-state index in [9.17, 15) is 0 Å². The van der Waals surface area contributed by atoms with Gasteiger partial charge in [-0.15, -0.1) is 0 Å². The molecule has 3 N–H and O–H groups in total. The lowest BCUT2D eigenvalue weighted by atomic mass is 9.83.